The molecule has 7 heteroatoms. The number of nitrogens with zero attached hydrogens (tertiary/aromatic N) is 3. The SMILES string of the molecule is O=c1c2ccccc2c(-c2ccc(F)c(C=[N+]([O-])Cc3ccccc3)c2)nn1-c1ccc(F)cc1. The fraction of sp³-hybridized carbons (Fsp3) is 0.0357. The van der Waals surface area contributed by atoms with Crippen LogP contribution in [0.15, 0.2) is 102 Å². The van der Waals surface area contributed by atoms with Gasteiger partial charge in [0.2, 0.25) is 0 Å². The van der Waals surface area contributed by atoms with Gasteiger partial charge in [-0.15, -0.1) is 0 Å². The third-order valence-electron chi connectivity index (χ3n) is 5.61. The van der Waals surface area contributed by atoms with Gasteiger partial charge in [-0.25, -0.2) is 13.5 Å². The van der Waals surface area contributed by atoms with E-state index < -0.39 is 11.6 Å². The maximum Gasteiger partial charge on any atom is 0.279 e. The highest BCUT2D eigenvalue weighted by atomic mass is 19.1. The molecule has 0 radical (unpaired) electrons. The molecular weight excluding hydrogens is 448 g/mol. The lowest BCUT2D eigenvalue weighted by molar-refractivity contribution is -0.469. The Kier molecular flexibility index (Phi) is 5.89. The van der Waals surface area contributed by atoms with Crippen molar-refractivity contribution in [3.63, 3.8) is 0 Å². The van der Waals surface area contributed by atoms with Crippen LogP contribution in [-0.4, -0.2) is 20.7 Å². The molecule has 0 aliphatic heterocycles. The first-order valence-corrected chi connectivity index (χ1v) is 10.9. The summed E-state index contributed by atoms with van der Waals surface area (Å²) in [5.74, 6) is -0.988. The minimum absolute atomic E-state index is 0.0706. The van der Waals surface area contributed by atoms with E-state index in [1.54, 1.807) is 30.3 Å². The highest BCUT2D eigenvalue weighted by Crippen LogP contribution is 2.27. The second-order valence-corrected chi connectivity index (χ2v) is 8.01. The van der Waals surface area contributed by atoms with Crippen LogP contribution in [0.4, 0.5) is 8.78 Å². The Hall–Kier alpha value is -4.65. The van der Waals surface area contributed by atoms with Gasteiger partial charge in [0.25, 0.3) is 5.56 Å². The summed E-state index contributed by atoms with van der Waals surface area (Å²) in [5.41, 5.74) is 1.88. The molecule has 35 heavy (non-hydrogen) atoms. The Morgan fingerprint density at radius 2 is 1.54 bits per heavy atom. The van der Waals surface area contributed by atoms with Crippen LogP contribution in [0.2, 0.25) is 0 Å². The fourth-order valence-electron chi connectivity index (χ4n) is 3.91. The van der Waals surface area contributed by atoms with Crippen molar-refractivity contribution in [2.45, 2.75) is 6.54 Å². The normalized spacial score (nSPS) is 11.7. The van der Waals surface area contributed by atoms with Gasteiger partial charge >= 0.3 is 0 Å². The molecular formula is C28H19F2N3O2. The van der Waals surface area contributed by atoms with Crippen molar-refractivity contribution in [1.82, 2.24) is 9.78 Å². The Balaban J connectivity index is 1.64. The number of benzene rings is 4. The van der Waals surface area contributed by atoms with Gasteiger partial charge in [-0.05, 0) is 48.5 Å². The first-order valence-electron chi connectivity index (χ1n) is 10.9. The minimum atomic E-state index is -0.557. The highest BCUT2D eigenvalue weighted by Gasteiger charge is 2.15. The van der Waals surface area contributed by atoms with Crippen LogP contribution in [0.25, 0.3) is 27.7 Å². The second-order valence-electron chi connectivity index (χ2n) is 8.01. The van der Waals surface area contributed by atoms with Crippen LogP contribution in [-0.2, 0) is 6.54 Å². The molecule has 0 saturated carbocycles. The number of aromatic nitrogens is 2. The standard InChI is InChI=1S/C28H19F2N3O2/c29-22-11-13-23(14-12-22)33-28(34)25-9-5-4-8-24(25)27(31-33)20-10-15-26(30)21(16-20)18-32(35)17-19-6-2-1-3-7-19/h1-16,18H,17H2. The van der Waals surface area contributed by atoms with E-state index in [4.69, 9.17) is 0 Å². The number of rotatable bonds is 5. The number of halogens is 2. The van der Waals surface area contributed by atoms with E-state index in [0.29, 0.717) is 32.5 Å². The van der Waals surface area contributed by atoms with Crippen molar-refractivity contribution >= 4 is 17.0 Å². The van der Waals surface area contributed by atoms with E-state index in [1.807, 2.05) is 30.3 Å². The van der Waals surface area contributed by atoms with E-state index in [-0.39, 0.29) is 17.7 Å². The second kappa shape index (κ2) is 9.30. The van der Waals surface area contributed by atoms with Crippen molar-refractivity contribution in [2.24, 2.45) is 0 Å². The maximum atomic E-state index is 14.6. The summed E-state index contributed by atoms with van der Waals surface area (Å²) in [6.45, 7) is 0.0706. The summed E-state index contributed by atoms with van der Waals surface area (Å²) < 4.78 is 29.9. The first kappa shape index (κ1) is 22.2. The maximum absolute atomic E-state index is 14.6. The van der Waals surface area contributed by atoms with Gasteiger partial charge in [-0.1, -0.05) is 48.5 Å². The Morgan fingerprint density at radius 3 is 2.29 bits per heavy atom. The zero-order valence-electron chi connectivity index (χ0n) is 18.4. The highest BCUT2D eigenvalue weighted by molar-refractivity contribution is 5.94. The van der Waals surface area contributed by atoms with Crippen LogP contribution in [0.1, 0.15) is 11.1 Å². The molecule has 0 atom stereocenters. The monoisotopic (exact) mass is 467 g/mol. The van der Waals surface area contributed by atoms with E-state index >= 15 is 0 Å². The summed E-state index contributed by atoms with van der Waals surface area (Å²) in [5, 5.41) is 18.0. The third-order valence-corrected chi connectivity index (χ3v) is 5.61. The predicted octanol–water partition coefficient (Wildman–Crippen LogP) is 5.46. The van der Waals surface area contributed by atoms with Gasteiger partial charge in [0, 0.05) is 16.5 Å². The molecule has 0 bridgehead atoms. The average Bonchev–Trinajstić information content (AvgIpc) is 2.87. The summed E-state index contributed by atoms with van der Waals surface area (Å²) in [6.07, 6.45) is 1.20. The Bertz CT molecular complexity index is 1610. The summed E-state index contributed by atoms with van der Waals surface area (Å²) in [4.78, 5) is 13.1. The molecule has 0 fully saturated rings. The minimum Gasteiger partial charge on any atom is -0.624 e. The topological polar surface area (TPSA) is 61.0 Å². The molecule has 5 aromatic rings. The molecule has 172 valence electrons. The van der Waals surface area contributed by atoms with Crippen molar-refractivity contribution in [3.8, 4) is 16.9 Å². The molecule has 5 rings (SSSR count). The average molecular weight is 467 g/mol. The molecule has 0 spiro atoms. The molecule has 0 amide bonds. The van der Waals surface area contributed by atoms with Gasteiger partial charge in [0.15, 0.2) is 12.8 Å². The smallest absolute Gasteiger partial charge is 0.279 e. The number of hydrogen-bond acceptors (Lipinski definition) is 3. The first-order chi connectivity index (χ1) is 17.0. The summed E-state index contributed by atoms with van der Waals surface area (Å²) in [6, 6.07) is 25.9. The summed E-state index contributed by atoms with van der Waals surface area (Å²) in [7, 11) is 0. The lowest BCUT2D eigenvalue weighted by atomic mass is 10.0. The zero-order chi connectivity index (χ0) is 24.4. The van der Waals surface area contributed by atoms with Crippen LogP contribution in [0.5, 0.6) is 0 Å². The largest absolute Gasteiger partial charge is 0.624 e. The van der Waals surface area contributed by atoms with Gasteiger partial charge in [-0.2, -0.15) is 9.78 Å². The van der Waals surface area contributed by atoms with E-state index in [2.05, 4.69) is 5.10 Å². The van der Waals surface area contributed by atoms with Gasteiger partial charge < -0.3 is 5.21 Å². The van der Waals surface area contributed by atoms with Crippen molar-refractivity contribution in [2.75, 3.05) is 0 Å². The molecule has 0 saturated heterocycles. The van der Waals surface area contributed by atoms with E-state index in [1.165, 1.54) is 47.3 Å². The van der Waals surface area contributed by atoms with Crippen LogP contribution < -0.4 is 5.56 Å². The summed E-state index contributed by atoms with van der Waals surface area (Å²) >= 11 is 0. The zero-order valence-corrected chi connectivity index (χ0v) is 18.4. The Labute approximate surface area is 199 Å². The van der Waals surface area contributed by atoms with Gasteiger partial charge in [0.1, 0.15) is 11.6 Å². The Morgan fingerprint density at radius 1 is 0.857 bits per heavy atom. The lowest BCUT2D eigenvalue weighted by Gasteiger charge is -2.12. The predicted molar refractivity (Wildman–Crippen MR) is 132 cm³/mol. The molecule has 0 N–H and O–H groups in total. The molecule has 1 aromatic heterocycles. The quantitative estimate of drug-likeness (QED) is 0.149. The van der Waals surface area contributed by atoms with Crippen molar-refractivity contribution in [1.29, 1.82) is 0 Å². The number of fused-ring (bicyclic) bond motifs is 1. The number of hydroxylamine groups is 1. The van der Waals surface area contributed by atoms with E-state index in [0.717, 1.165) is 5.56 Å². The van der Waals surface area contributed by atoms with Crippen LogP contribution >= 0.6 is 0 Å². The lowest BCUT2D eigenvalue weighted by Crippen LogP contribution is -2.22. The fourth-order valence-corrected chi connectivity index (χ4v) is 3.91. The molecule has 0 aliphatic rings. The van der Waals surface area contributed by atoms with Crippen LogP contribution in [0, 0.1) is 16.8 Å². The molecule has 0 unspecified atom stereocenters. The number of hydrogen-bond donors (Lipinski definition) is 0. The van der Waals surface area contributed by atoms with Crippen molar-refractivity contribution in [3.05, 3.63) is 135 Å². The van der Waals surface area contributed by atoms with E-state index in [9.17, 15) is 18.8 Å². The molecule has 5 nitrogen and oxygen atoms in total. The molecule has 1 heterocycles. The molecule has 0 aliphatic carbocycles. The third kappa shape index (κ3) is 4.56. The van der Waals surface area contributed by atoms with Crippen molar-refractivity contribution < 1.29 is 13.5 Å². The molecule has 4 aromatic carbocycles. The van der Waals surface area contributed by atoms with Gasteiger partial charge in [-0.3, -0.25) is 4.79 Å². The van der Waals surface area contributed by atoms with Crippen LogP contribution in [0.3, 0.4) is 0 Å². The van der Waals surface area contributed by atoms with Gasteiger partial charge in [0.05, 0.1) is 22.3 Å².